The second kappa shape index (κ2) is 9.86. The molecule has 2 N–H and O–H groups in total. The van der Waals surface area contributed by atoms with E-state index in [1.54, 1.807) is 17.5 Å². The first-order valence-corrected chi connectivity index (χ1v) is 8.41. The van der Waals surface area contributed by atoms with Crippen molar-refractivity contribution in [3.63, 3.8) is 0 Å². The van der Waals surface area contributed by atoms with Gasteiger partial charge in [-0.15, -0.1) is 35.3 Å². The van der Waals surface area contributed by atoms with Crippen LogP contribution in [0.1, 0.15) is 43.1 Å². The molecule has 0 aliphatic carbocycles. The van der Waals surface area contributed by atoms with Crippen molar-refractivity contribution in [1.82, 2.24) is 25.4 Å². The Balaban J connectivity index is 0.00000264. The van der Waals surface area contributed by atoms with Gasteiger partial charge in [-0.05, 0) is 18.9 Å². The highest BCUT2D eigenvalue weighted by Gasteiger charge is 2.06. The van der Waals surface area contributed by atoms with Gasteiger partial charge in [0, 0.05) is 25.2 Å². The number of rotatable bonds is 6. The Bertz CT molecular complexity index is 619. The summed E-state index contributed by atoms with van der Waals surface area (Å²) in [6.45, 7) is 8.49. The summed E-state index contributed by atoms with van der Waals surface area (Å²) in [6.07, 6.45) is 1.79. The van der Waals surface area contributed by atoms with Crippen molar-refractivity contribution in [3.8, 4) is 0 Å². The molecule has 0 spiro atoms. The van der Waals surface area contributed by atoms with E-state index in [0.29, 0.717) is 19.0 Å². The lowest BCUT2D eigenvalue weighted by atomic mass is 10.2. The van der Waals surface area contributed by atoms with Crippen LogP contribution in [-0.2, 0) is 20.1 Å². The number of thiazole rings is 1. The smallest absolute Gasteiger partial charge is 0.191 e. The molecule has 0 saturated heterocycles. The van der Waals surface area contributed by atoms with Gasteiger partial charge in [0.15, 0.2) is 5.96 Å². The van der Waals surface area contributed by atoms with Gasteiger partial charge in [-0.3, -0.25) is 4.68 Å². The maximum atomic E-state index is 4.63. The van der Waals surface area contributed by atoms with E-state index in [1.807, 2.05) is 17.8 Å². The van der Waals surface area contributed by atoms with Gasteiger partial charge in [0.2, 0.25) is 0 Å². The summed E-state index contributed by atoms with van der Waals surface area (Å²) in [5, 5.41) is 13.9. The first-order valence-electron chi connectivity index (χ1n) is 7.53. The van der Waals surface area contributed by atoms with E-state index >= 15 is 0 Å². The lowest BCUT2D eigenvalue weighted by Crippen LogP contribution is -2.36. The summed E-state index contributed by atoms with van der Waals surface area (Å²) in [6, 6.07) is 1.98. The molecule has 128 valence electrons. The zero-order chi connectivity index (χ0) is 15.9. The lowest BCUT2D eigenvalue weighted by Gasteiger charge is -2.10. The fourth-order valence-electron chi connectivity index (χ4n) is 1.89. The molecule has 0 radical (unpaired) electrons. The Kier molecular flexibility index (Phi) is 8.53. The van der Waals surface area contributed by atoms with Crippen LogP contribution in [0.5, 0.6) is 0 Å². The lowest BCUT2D eigenvalue weighted by molar-refractivity contribution is 0.707. The third-order valence-corrected chi connectivity index (χ3v) is 4.10. The van der Waals surface area contributed by atoms with E-state index in [0.717, 1.165) is 28.9 Å². The third-order valence-electron chi connectivity index (χ3n) is 3.23. The first-order chi connectivity index (χ1) is 10.6. The number of hydrogen-bond acceptors (Lipinski definition) is 4. The molecule has 0 aromatic carbocycles. The zero-order valence-corrected chi connectivity index (χ0v) is 17.2. The molecule has 0 saturated carbocycles. The number of aromatic nitrogens is 3. The van der Waals surface area contributed by atoms with Gasteiger partial charge >= 0.3 is 0 Å². The van der Waals surface area contributed by atoms with Crippen LogP contribution in [0.3, 0.4) is 0 Å². The molecule has 0 fully saturated rings. The van der Waals surface area contributed by atoms with Crippen LogP contribution in [0.15, 0.2) is 22.6 Å². The molecule has 0 bridgehead atoms. The topological polar surface area (TPSA) is 67.1 Å². The number of guanidine groups is 1. The van der Waals surface area contributed by atoms with Crippen molar-refractivity contribution >= 4 is 41.3 Å². The van der Waals surface area contributed by atoms with Crippen LogP contribution in [0.4, 0.5) is 0 Å². The number of aliphatic imine (C=N–C) groups is 1. The predicted octanol–water partition coefficient (Wildman–Crippen LogP) is 2.87. The fourth-order valence-corrected chi connectivity index (χ4v) is 2.78. The maximum absolute atomic E-state index is 4.63. The van der Waals surface area contributed by atoms with E-state index in [4.69, 9.17) is 0 Å². The van der Waals surface area contributed by atoms with Crippen molar-refractivity contribution in [3.05, 3.63) is 34.0 Å². The molecule has 0 amide bonds. The SMILES string of the molecule is CCNC(=NCc1ccnn1C)NCc1nc(C(C)C)cs1.I. The van der Waals surface area contributed by atoms with Gasteiger partial charge in [-0.25, -0.2) is 9.98 Å². The second-order valence-electron chi connectivity index (χ2n) is 5.32. The molecule has 2 rings (SSSR count). The summed E-state index contributed by atoms with van der Waals surface area (Å²) in [5.41, 5.74) is 2.23. The van der Waals surface area contributed by atoms with Gasteiger partial charge in [0.05, 0.1) is 24.5 Å². The fraction of sp³-hybridized carbons (Fsp3) is 0.533. The summed E-state index contributed by atoms with van der Waals surface area (Å²) >= 11 is 1.69. The quantitative estimate of drug-likeness (QED) is 0.405. The molecule has 0 aliphatic rings. The zero-order valence-electron chi connectivity index (χ0n) is 14.0. The minimum Gasteiger partial charge on any atom is -0.357 e. The number of nitrogens with one attached hydrogen (secondary N) is 2. The molecule has 2 aromatic rings. The van der Waals surface area contributed by atoms with E-state index in [2.05, 4.69) is 51.9 Å². The van der Waals surface area contributed by atoms with Gasteiger partial charge in [-0.1, -0.05) is 13.8 Å². The molecule has 0 atom stereocenters. The highest BCUT2D eigenvalue weighted by molar-refractivity contribution is 14.0. The van der Waals surface area contributed by atoms with Crippen molar-refractivity contribution in [2.75, 3.05) is 6.54 Å². The molecule has 0 unspecified atom stereocenters. The Morgan fingerprint density at radius 1 is 1.39 bits per heavy atom. The van der Waals surface area contributed by atoms with Crippen molar-refractivity contribution in [1.29, 1.82) is 0 Å². The van der Waals surface area contributed by atoms with Gasteiger partial charge < -0.3 is 10.6 Å². The van der Waals surface area contributed by atoms with Crippen molar-refractivity contribution < 1.29 is 0 Å². The number of hydrogen-bond donors (Lipinski definition) is 2. The van der Waals surface area contributed by atoms with E-state index in [9.17, 15) is 0 Å². The molecule has 0 aliphatic heterocycles. The summed E-state index contributed by atoms with van der Waals surface area (Å²) in [4.78, 5) is 9.21. The van der Waals surface area contributed by atoms with Crippen LogP contribution in [0.2, 0.25) is 0 Å². The van der Waals surface area contributed by atoms with Crippen LogP contribution in [0, 0.1) is 0 Å². The average molecular weight is 448 g/mol. The highest BCUT2D eigenvalue weighted by Crippen LogP contribution is 2.17. The maximum Gasteiger partial charge on any atom is 0.191 e. The molecular formula is C15H25IN6S. The largest absolute Gasteiger partial charge is 0.357 e. The van der Waals surface area contributed by atoms with E-state index in [-0.39, 0.29) is 24.0 Å². The standard InChI is InChI=1S/C15H24N6S.HI/c1-5-16-15(17-8-12-6-7-19-21(12)4)18-9-14-20-13(10-22-14)11(2)3;/h6-7,10-11H,5,8-9H2,1-4H3,(H2,16,17,18);1H. The Hall–Kier alpha value is -1.16. The second-order valence-corrected chi connectivity index (χ2v) is 6.26. The van der Waals surface area contributed by atoms with Crippen LogP contribution in [-0.4, -0.2) is 27.3 Å². The predicted molar refractivity (Wildman–Crippen MR) is 106 cm³/mol. The number of aryl methyl sites for hydroxylation is 1. The molecule has 8 heteroatoms. The first kappa shape index (κ1) is 19.9. The third kappa shape index (κ3) is 6.09. The molecule has 6 nitrogen and oxygen atoms in total. The van der Waals surface area contributed by atoms with Crippen molar-refractivity contribution in [2.45, 2.75) is 39.8 Å². The van der Waals surface area contributed by atoms with Gasteiger partial charge in [-0.2, -0.15) is 5.10 Å². The molecule has 2 heterocycles. The van der Waals surface area contributed by atoms with Crippen molar-refractivity contribution in [2.24, 2.45) is 12.0 Å². The van der Waals surface area contributed by atoms with Crippen LogP contribution >= 0.6 is 35.3 Å². The van der Waals surface area contributed by atoms with Gasteiger partial charge in [0.1, 0.15) is 5.01 Å². The monoisotopic (exact) mass is 448 g/mol. The summed E-state index contributed by atoms with van der Waals surface area (Å²) in [7, 11) is 1.92. The Morgan fingerprint density at radius 2 is 2.17 bits per heavy atom. The molecular weight excluding hydrogens is 423 g/mol. The summed E-state index contributed by atoms with van der Waals surface area (Å²) in [5.74, 6) is 1.27. The van der Waals surface area contributed by atoms with E-state index in [1.165, 1.54) is 0 Å². The molecule has 2 aromatic heterocycles. The molecule has 23 heavy (non-hydrogen) atoms. The normalized spacial score (nSPS) is 11.4. The average Bonchev–Trinajstić information content (AvgIpc) is 3.11. The number of nitrogens with zero attached hydrogens (tertiary/aromatic N) is 4. The van der Waals surface area contributed by atoms with E-state index < -0.39 is 0 Å². The Labute approximate surface area is 158 Å². The Morgan fingerprint density at radius 3 is 2.74 bits per heavy atom. The van der Waals surface area contributed by atoms with Gasteiger partial charge in [0.25, 0.3) is 0 Å². The summed E-state index contributed by atoms with van der Waals surface area (Å²) < 4.78 is 1.84. The van der Waals surface area contributed by atoms with Crippen LogP contribution in [0.25, 0.3) is 0 Å². The van der Waals surface area contributed by atoms with Crippen LogP contribution < -0.4 is 10.6 Å². The minimum atomic E-state index is 0. The number of halogens is 1. The highest BCUT2D eigenvalue weighted by atomic mass is 127. The minimum absolute atomic E-state index is 0.